The number of sulfone groups is 1. The quantitative estimate of drug-likeness (QED) is 0.891. The molecule has 2 aromatic rings. The van der Waals surface area contributed by atoms with Crippen molar-refractivity contribution in [2.45, 2.75) is 21.6 Å². The average molecular weight is 302 g/mol. The highest BCUT2D eigenvalue weighted by molar-refractivity contribution is 7.92. The fourth-order valence-electron chi connectivity index (χ4n) is 3.04. The highest BCUT2D eigenvalue weighted by Gasteiger charge is 2.68. The van der Waals surface area contributed by atoms with E-state index in [-0.39, 0.29) is 12.5 Å². The lowest BCUT2D eigenvalue weighted by molar-refractivity contribution is 0.586. The first-order valence-corrected chi connectivity index (χ1v) is 8.39. The number of nitrogens with two attached hydrogens (primary N) is 2. The second kappa shape index (κ2) is 4.94. The van der Waals surface area contributed by atoms with Gasteiger partial charge >= 0.3 is 0 Å². The Balaban J connectivity index is 2.03. The summed E-state index contributed by atoms with van der Waals surface area (Å²) in [5, 5.41) is -0.667. The van der Waals surface area contributed by atoms with Gasteiger partial charge in [0.05, 0.1) is 15.7 Å². The van der Waals surface area contributed by atoms with E-state index in [1.54, 1.807) is 30.3 Å². The Morgan fingerprint density at radius 3 is 2.00 bits per heavy atom. The molecule has 4 N–H and O–H groups in total. The smallest absolute Gasteiger partial charge is 0.183 e. The summed E-state index contributed by atoms with van der Waals surface area (Å²) < 4.78 is 25.6. The maximum Gasteiger partial charge on any atom is 0.183 e. The minimum Gasteiger partial charge on any atom is -0.329 e. The van der Waals surface area contributed by atoms with E-state index in [0.29, 0.717) is 4.90 Å². The summed E-state index contributed by atoms with van der Waals surface area (Å²) in [6, 6.07) is 17.9. The van der Waals surface area contributed by atoms with Crippen LogP contribution >= 0.6 is 0 Å². The summed E-state index contributed by atoms with van der Waals surface area (Å²) in [6.07, 6.45) is 0. The van der Waals surface area contributed by atoms with Gasteiger partial charge in [-0.1, -0.05) is 48.5 Å². The Bertz CT molecular complexity index is 731. The summed E-state index contributed by atoms with van der Waals surface area (Å²) in [7, 11) is -3.49. The third kappa shape index (κ3) is 2.18. The molecule has 110 valence electrons. The predicted octanol–water partition coefficient (Wildman–Crippen LogP) is 1.28. The molecule has 0 bridgehead atoms. The van der Waals surface area contributed by atoms with Crippen LogP contribution in [0.2, 0.25) is 0 Å². The zero-order valence-corrected chi connectivity index (χ0v) is 12.3. The summed E-state index contributed by atoms with van der Waals surface area (Å²) in [6.45, 7) is 0.142. The largest absolute Gasteiger partial charge is 0.329 e. The number of hydrogen-bond donors (Lipinski definition) is 2. The van der Waals surface area contributed by atoms with E-state index in [4.69, 9.17) is 11.5 Å². The van der Waals surface area contributed by atoms with E-state index >= 15 is 0 Å². The van der Waals surface area contributed by atoms with E-state index in [0.717, 1.165) is 5.56 Å². The molecule has 0 spiro atoms. The van der Waals surface area contributed by atoms with Crippen LogP contribution in [0.25, 0.3) is 0 Å². The van der Waals surface area contributed by atoms with Crippen molar-refractivity contribution in [1.29, 1.82) is 0 Å². The SMILES string of the molecule is NC[C@@]1(N)[C@H](S(=O)(=O)c2ccccc2)[C@@H]1c1ccccc1. The molecule has 0 amide bonds. The molecule has 0 radical (unpaired) electrons. The van der Waals surface area contributed by atoms with E-state index in [1.165, 1.54) is 0 Å². The predicted molar refractivity (Wildman–Crippen MR) is 82.6 cm³/mol. The van der Waals surface area contributed by atoms with Crippen LogP contribution in [-0.4, -0.2) is 25.8 Å². The van der Waals surface area contributed by atoms with Gasteiger partial charge < -0.3 is 11.5 Å². The van der Waals surface area contributed by atoms with E-state index in [1.807, 2.05) is 30.3 Å². The molecular formula is C16H18N2O2S. The normalized spacial score (nSPS) is 28.3. The standard InChI is InChI=1S/C16H18N2O2S/c17-11-16(18)14(12-7-3-1-4-8-12)15(16)21(19,20)13-9-5-2-6-10-13/h1-10,14-15H,11,17-18H2/t14-,15+,16-/m0/s1. The molecule has 0 aliphatic heterocycles. The van der Waals surface area contributed by atoms with Crippen LogP contribution in [-0.2, 0) is 9.84 Å². The zero-order chi connectivity index (χ0) is 15.1. The van der Waals surface area contributed by atoms with Gasteiger partial charge in [-0.3, -0.25) is 0 Å². The molecule has 1 saturated carbocycles. The molecule has 0 heterocycles. The lowest BCUT2D eigenvalue weighted by Gasteiger charge is -2.08. The van der Waals surface area contributed by atoms with Gasteiger partial charge in [-0.15, -0.1) is 0 Å². The van der Waals surface area contributed by atoms with Crippen molar-refractivity contribution < 1.29 is 8.42 Å². The van der Waals surface area contributed by atoms with Crippen LogP contribution < -0.4 is 11.5 Å². The van der Waals surface area contributed by atoms with Crippen LogP contribution in [0.3, 0.4) is 0 Å². The Morgan fingerprint density at radius 2 is 1.48 bits per heavy atom. The molecular weight excluding hydrogens is 284 g/mol. The van der Waals surface area contributed by atoms with Crippen molar-refractivity contribution in [2.24, 2.45) is 11.5 Å². The summed E-state index contributed by atoms with van der Waals surface area (Å²) in [5.74, 6) is -0.256. The lowest BCUT2D eigenvalue weighted by Crippen LogP contribution is -2.39. The van der Waals surface area contributed by atoms with E-state index in [9.17, 15) is 8.42 Å². The Hall–Kier alpha value is -1.69. The van der Waals surface area contributed by atoms with Crippen LogP contribution in [0, 0.1) is 0 Å². The van der Waals surface area contributed by atoms with Gasteiger partial charge in [0.2, 0.25) is 0 Å². The first kappa shape index (κ1) is 14.3. The van der Waals surface area contributed by atoms with E-state index < -0.39 is 20.6 Å². The van der Waals surface area contributed by atoms with Crippen LogP contribution in [0.4, 0.5) is 0 Å². The highest BCUT2D eigenvalue weighted by atomic mass is 32.2. The lowest BCUT2D eigenvalue weighted by atomic mass is 10.1. The highest BCUT2D eigenvalue weighted by Crippen LogP contribution is 2.54. The first-order valence-electron chi connectivity index (χ1n) is 6.84. The molecule has 3 atom stereocenters. The van der Waals surface area contributed by atoms with Crippen molar-refractivity contribution in [1.82, 2.24) is 0 Å². The molecule has 0 aromatic heterocycles. The van der Waals surface area contributed by atoms with Crippen molar-refractivity contribution in [3.8, 4) is 0 Å². The Morgan fingerprint density at radius 1 is 0.952 bits per heavy atom. The molecule has 3 rings (SSSR count). The summed E-state index contributed by atoms with van der Waals surface area (Å²) >= 11 is 0. The Labute approximate surface area is 124 Å². The molecule has 0 unspecified atom stereocenters. The summed E-state index contributed by atoms with van der Waals surface area (Å²) in [5.41, 5.74) is 12.1. The number of hydrogen-bond acceptors (Lipinski definition) is 4. The molecule has 5 heteroatoms. The monoisotopic (exact) mass is 302 g/mol. The maximum absolute atomic E-state index is 12.8. The number of rotatable bonds is 4. The Kier molecular flexibility index (Phi) is 3.36. The number of benzene rings is 2. The van der Waals surface area contributed by atoms with Gasteiger partial charge in [0.1, 0.15) is 0 Å². The molecule has 21 heavy (non-hydrogen) atoms. The van der Waals surface area contributed by atoms with Gasteiger partial charge in [0.25, 0.3) is 0 Å². The van der Waals surface area contributed by atoms with Gasteiger partial charge in [-0.25, -0.2) is 8.42 Å². The minimum atomic E-state index is -3.49. The third-order valence-electron chi connectivity index (χ3n) is 4.22. The molecule has 1 aliphatic carbocycles. The molecule has 1 aliphatic rings. The molecule has 0 saturated heterocycles. The van der Waals surface area contributed by atoms with Crippen molar-refractivity contribution in [2.75, 3.05) is 6.54 Å². The topological polar surface area (TPSA) is 86.2 Å². The van der Waals surface area contributed by atoms with Crippen molar-refractivity contribution >= 4 is 9.84 Å². The average Bonchev–Trinajstić information content (AvgIpc) is 3.17. The van der Waals surface area contributed by atoms with Gasteiger partial charge in [0.15, 0.2) is 9.84 Å². The first-order chi connectivity index (χ1) is 10.0. The van der Waals surface area contributed by atoms with E-state index in [2.05, 4.69) is 0 Å². The van der Waals surface area contributed by atoms with Crippen molar-refractivity contribution in [3.63, 3.8) is 0 Å². The van der Waals surface area contributed by atoms with Gasteiger partial charge in [0, 0.05) is 12.5 Å². The van der Waals surface area contributed by atoms with Gasteiger partial charge in [-0.2, -0.15) is 0 Å². The second-order valence-corrected chi connectivity index (χ2v) is 7.55. The molecule has 2 aromatic carbocycles. The van der Waals surface area contributed by atoms with Crippen molar-refractivity contribution in [3.05, 3.63) is 66.2 Å². The third-order valence-corrected chi connectivity index (χ3v) is 6.53. The fraction of sp³-hybridized carbons (Fsp3) is 0.250. The summed E-state index contributed by atoms with van der Waals surface area (Å²) in [4.78, 5) is 0.303. The van der Waals surface area contributed by atoms with Gasteiger partial charge in [-0.05, 0) is 17.7 Å². The minimum absolute atomic E-state index is 0.142. The fourth-order valence-corrected chi connectivity index (χ4v) is 5.38. The van der Waals surface area contributed by atoms with Crippen LogP contribution in [0.5, 0.6) is 0 Å². The molecule has 1 fully saturated rings. The van der Waals surface area contributed by atoms with Crippen LogP contribution in [0.15, 0.2) is 65.6 Å². The maximum atomic E-state index is 12.8. The zero-order valence-electron chi connectivity index (χ0n) is 11.5. The second-order valence-electron chi connectivity index (χ2n) is 5.48. The van der Waals surface area contributed by atoms with Crippen LogP contribution in [0.1, 0.15) is 11.5 Å². The molecule has 4 nitrogen and oxygen atoms in total.